The van der Waals surface area contributed by atoms with Gasteiger partial charge in [-0.05, 0) is 18.3 Å². The van der Waals surface area contributed by atoms with Gasteiger partial charge in [0.2, 0.25) is 0 Å². The molecule has 1 aromatic heterocycles. The highest BCUT2D eigenvalue weighted by Crippen LogP contribution is 2.44. The molecular weight excluding hydrogens is 262 g/mol. The highest BCUT2D eigenvalue weighted by atomic mass is 16.4. The molecule has 1 aromatic rings. The van der Waals surface area contributed by atoms with Crippen molar-refractivity contribution in [2.24, 2.45) is 5.41 Å². The van der Waals surface area contributed by atoms with Gasteiger partial charge in [0.1, 0.15) is 0 Å². The molecule has 8 heteroatoms. The SMILES string of the molecule is CC1(CNC(=O)N2CC(n3cc(C(=O)O)nn3)C2)CC1. The molecule has 8 nitrogen and oxygen atoms in total. The number of amides is 2. The predicted molar refractivity (Wildman–Crippen MR) is 68.3 cm³/mol. The standard InChI is InChI=1S/C12H17N5O3/c1-12(2-3-12)7-13-11(20)16-4-8(5-16)17-6-9(10(18)19)14-15-17/h6,8H,2-5,7H2,1H3,(H,13,20)(H,18,19). The van der Waals surface area contributed by atoms with Gasteiger partial charge in [0.15, 0.2) is 5.69 Å². The highest BCUT2D eigenvalue weighted by molar-refractivity contribution is 5.84. The first-order valence-corrected chi connectivity index (χ1v) is 6.65. The van der Waals surface area contributed by atoms with E-state index in [-0.39, 0.29) is 17.8 Å². The second-order valence-electron chi connectivity index (χ2n) is 5.92. The number of nitrogens with one attached hydrogen (secondary N) is 1. The van der Waals surface area contributed by atoms with Gasteiger partial charge in [-0.3, -0.25) is 0 Å². The Morgan fingerprint density at radius 1 is 1.50 bits per heavy atom. The van der Waals surface area contributed by atoms with E-state index in [0.29, 0.717) is 18.5 Å². The van der Waals surface area contributed by atoms with Crippen molar-refractivity contribution in [3.05, 3.63) is 11.9 Å². The zero-order chi connectivity index (χ0) is 14.3. The average molecular weight is 279 g/mol. The summed E-state index contributed by atoms with van der Waals surface area (Å²) in [6.07, 6.45) is 3.74. The topological polar surface area (TPSA) is 100 Å². The summed E-state index contributed by atoms with van der Waals surface area (Å²) in [5.41, 5.74) is 0.219. The molecule has 2 heterocycles. The molecule has 108 valence electrons. The van der Waals surface area contributed by atoms with Crippen molar-refractivity contribution in [1.29, 1.82) is 0 Å². The number of urea groups is 1. The van der Waals surface area contributed by atoms with E-state index in [4.69, 9.17) is 5.11 Å². The number of carbonyl (C=O) groups excluding carboxylic acids is 1. The lowest BCUT2D eigenvalue weighted by molar-refractivity contribution is 0.0690. The molecular formula is C12H17N5O3. The smallest absolute Gasteiger partial charge is 0.358 e. The average Bonchev–Trinajstić information content (AvgIpc) is 2.88. The minimum atomic E-state index is -1.09. The van der Waals surface area contributed by atoms with E-state index in [1.807, 2.05) is 0 Å². The van der Waals surface area contributed by atoms with Gasteiger partial charge in [0.25, 0.3) is 0 Å². The van der Waals surface area contributed by atoms with Crippen molar-refractivity contribution in [2.75, 3.05) is 19.6 Å². The fourth-order valence-electron chi connectivity index (χ4n) is 2.13. The maximum atomic E-state index is 11.9. The zero-order valence-corrected chi connectivity index (χ0v) is 11.2. The molecule has 20 heavy (non-hydrogen) atoms. The van der Waals surface area contributed by atoms with Crippen LogP contribution < -0.4 is 5.32 Å². The lowest BCUT2D eigenvalue weighted by Gasteiger charge is -2.38. The number of carbonyl (C=O) groups is 2. The van der Waals surface area contributed by atoms with Gasteiger partial charge in [0, 0.05) is 19.6 Å². The number of carboxylic acid groups (broad SMARTS) is 1. The quantitative estimate of drug-likeness (QED) is 0.828. The summed E-state index contributed by atoms with van der Waals surface area (Å²) in [4.78, 5) is 24.3. The molecule has 2 fully saturated rings. The first-order valence-electron chi connectivity index (χ1n) is 6.65. The molecule has 1 saturated heterocycles. The van der Waals surface area contributed by atoms with Crippen LogP contribution in [0.4, 0.5) is 4.79 Å². The Bertz CT molecular complexity index is 545. The van der Waals surface area contributed by atoms with E-state index in [9.17, 15) is 9.59 Å². The molecule has 1 aliphatic heterocycles. The molecule has 0 bridgehead atoms. The molecule has 0 spiro atoms. The number of hydrogen-bond donors (Lipinski definition) is 2. The maximum Gasteiger partial charge on any atom is 0.358 e. The number of aromatic carboxylic acids is 1. The molecule has 2 amide bonds. The summed E-state index contributed by atoms with van der Waals surface area (Å²) in [7, 11) is 0. The molecule has 2 N–H and O–H groups in total. The van der Waals surface area contributed by atoms with Crippen LogP contribution in [0.1, 0.15) is 36.3 Å². The van der Waals surface area contributed by atoms with E-state index in [1.165, 1.54) is 23.7 Å². The van der Waals surface area contributed by atoms with Crippen LogP contribution >= 0.6 is 0 Å². The lowest BCUT2D eigenvalue weighted by Crippen LogP contribution is -2.55. The Morgan fingerprint density at radius 3 is 2.75 bits per heavy atom. The third kappa shape index (κ3) is 2.45. The first-order chi connectivity index (χ1) is 9.47. The summed E-state index contributed by atoms with van der Waals surface area (Å²) in [5.74, 6) is -1.09. The van der Waals surface area contributed by atoms with Crippen LogP contribution in [0.5, 0.6) is 0 Å². The number of aromatic nitrogens is 3. The van der Waals surface area contributed by atoms with E-state index in [2.05, 4.69) is 22.6 Å². The normalized spacial score (nSPS) is 20.4. The number of likely N-dealkylation sites (tertiary alicyclic amines) is 1. The summed E-state index contributed by atoms with van der Waals surface area (Å²) in [6, 6.07) is -0.0502. The Labute approximate surface area is 115 Å². The number of rotatable bonds is 4. The second-order valence-corrected chi connectivity index (χ2v) is 5.92. The second kappa shape index (κ2) is 4.46. The van der Waals surface area contributed by atoms with Crippen LogP contribution in [0.15, 0.2) is 6.20 Å². The summed E-state index contributed by atoms with van der Waals surface area (Å²) < 4.78 is 1.51. The fraction of sp³-hybridized carbons (Fsp3) is 0.667. The minimum Gasteiger partial charge on any atom is -0.476 e. The molecule has 1 aliphatic carbocycles. The van der Waals surface area contributed by atoms with Crippen LogP contribution in [0.3, 0.4) is 0 Å². The molecule has 0 atom stereocenters. The van der Waals surface area contributed by atoms with Crippen LogP contribution in [0, 0.1) is 5.41 Å². The van der Waals surface area contributed by atoms with Gasteiger partial charge >= 0.3 is 12.0 Å². The van der Waals surface area contributed by atoms with Crippen molar-refractivity contribution in [1.82, 2.24) is 25.2 Å². The van der Waals surface area contributed by atoms with E-state index < -0.39 is 5.97 Å². The van der Waals surface area contributed by atoms with Gasteiger partial charge in [-0.1, -0.05) is 12.1 Å². The van der Waals surface area contributed by atoms with Crippen molar-refractivity contribution in [3.63, 3.8) is 0 Å². The minimum absolute atomic E-state index is 0.0119. The molecule has 2 aliphatic rings. The van der Waals surface area contributed by atoms with Crippen molar-refractivity contribution in [3.8, 4) is 0 Å². The molecule has 0 aromatic carbocycles. The van der Waals surface area contributed by atoms with Gasteiger partial charge in [-0.25, -0.2) is 14.3 Å². The van der Waals surface area contributed by atoms with E-state index in [0.717, 1.165) is 6.54 Å². The van der Waals surface area contributed by atoms with Crippen molar-refractivity contribution in [2.45, 2.75) is 25.8 Å². The number of carboxylic acids is 1. The first kappa shape index (κ1) is 12.9. The number of nitrogens with zero attached hydrogens (tertiary/aromatic N) is 4. The molecule has 0 radical (unpaired) electrons. The van der Waals surface area contributed by atoms with Crippen LogP contribution in [0.2, 0.25) is 0 Å². The molecule has 1 saturated carbocycles. The Kier molecular flexibility index (Phi) is 2.88. The van der Waals surface area contributed by atoms with Crippen LogP contribution in [-0.4, -0.2) is 56.6 Å². The Morgan fingerprint density at radius 2 is 2.20 bits per heavy atom. The third-order valence-electron chi connectivity index (χ3n) is 4.02. The Hall–Kier alpha value is -2.12. The van der Waals surface area contributed by atoms with Crippen LogP contribution in [0.25, 0.3) is 0 Å². The zero-order valence-electron chi connectivity index (χ0n) is 11.2. The Balaban J connectivity index is 1.47. The van der Waals surface area contributed by atoms with E-state index >= 15 is 0 Å². The van der Waals surface area contributed by atoms with Gasteiger partial charge in [-0.2, -0.15) is 0 Å². The van der Waals surface area contributed by atoms with Gasteiger partial charge in [0.05, 0.1) is 12.2 Å². The van der Waals surface area contributed by atoms with Gasteiger partial charge in [-0.15, -0.1) is 5.10 Å². The van der Waals surface area contributed by atoms with Crippen LogP contribution in [-0.2, 0) is 0 Å². The summed E-state index contributed by atoms with van der Waals surface area (Å²) in [6.45, 7) is 3.95. The maximum absolute atomic E-state index is 11.9. The van der Waals surface area contributed by atoms with Gasteiger partial charge < -0.3 is 15.3 Å². The van der Waals surface area contributed by atoms with E-state index in [1.54, 1.807) is 4.90 Å². The third-order valence-corrected chi connectivity index (χ3v) is 4.02. The molecule has 3 rings (SSSR count). The summed E-state index contributed by atoms with van der Waals surface area (Å²) in [5, 5.41) is 19.0. The lowest BCUT2D eigenvalue weighted by atomic mass is 10.1. The highest BCUT2D eigenvalue weighted by Gasteiger charge is 2.39. The fourth-order valence-corrected chi connectivity index (χ4v) is 2.13. The van der Waals surface area contributed by atoms with Crippen molar-refractivity contribution >= 4 is 12.0 Å². The largest absolute Gasteiger partial charge is 0.476 e. The summed E-state index contributed by atoms with van der Waals surface area (Å²) >= 11 is 0. The predicted octanol–water partition coefficient (Wildman–Crippen LogP) is 0.343. The number of hydrogen-bond acceptors (Lipinski definition) is 4. The molecule has 0 unspecified atom stereocenters. The monoisotopic (exact) mass is 279 g/mol. The van der Waals surface area contributed by atoms with Crippen molar-refractivity contribution < 1.29 is 14.7 Å².